The number of nitrogens with zero attached hydrogens (tertiary/aromatic N) is 1. The number of rotatable bonds is 2. The molecule has 9 rings (SSSR count). The second kappa shape index (κ2) is 6.93. The molecule has 0 saturated carbocycles. The van der Waals surface area contributed by atoms with E-state index in [2.05, 4.69) is 90.0 Å². The first-order valence-corrected chi connectivity index (χ1v) is 13.1. The summed E-state index contributed by atoms with van der Waals surface area (Å²) >= 11 is 2.41. The van der Waals surface area contributed by atoms with E-state index < -0.39 is 0 Å². The van der Waals surface area contributed by atoms with Gasteiger partial charge in [0.2, 0.25) is 0 Å². The van der Waals surface area contributed by atoms with Crippen molar-refractivity contribution in [2.45, 2.75) is 51.4 Å². The molecule has 4 atom stereocenters. The van der Waals surface area contributed by atoms with Crippen molar-refractivity contribution in [2.75, 3.05) is 0 Å². The maximum atomic E-state index is 5.31. The summed E-state index contributed by atoms with van der Waals surface area (Å²) in [4.78, 5) is 9.20. The van der Waals surface area contributed by atoms with Gasteiger partial charge >= 0.3 is 0 Å². The van der Waals surface area contributed by atoms with Crippen molar-refractivity contribution in [3.05, 3.63) is 97.1 Å². The zero-order valence-corrected chi connectivity index (χ0v) is 20.7. The Morgan fingerprint density at radius 3 is 2.06 bits per heavy atom. The smallest absolute Gasteiger partial charge is 0.0773 e. The summed E-state index contributed by atoms with van der Waals surface area (Å²) in [5, 5.41) is 0. The zero-order valence-electron chi connectivity index (χ0n) is 18.6. The molecule has 0 radical (unpaired) electrons. The monoisotopic (exact) mass is 530 g/mol. The number of halogens is 1. The number of aliphatic imine (C=N–C) groups is 1. The van der Waals surface area contributed by atoms with Crippen LogP contribution in [0.4, 0.5) is 0 Å². The lowest BCUT2D eigenvalue weighted by Gasteiger charge is -2.34. The van der Waals surface area contributed by atoms with Gasteiger partial charge in [0.1, 0.15) is 0 Å². The van der Waals surface area contributed by atoms with Gasteiger partial charge < -0.3 is 4.98 Å². The van der Waals surface area contributed by atoms with Crippen LogP contribution in [0.2, 0.25) is 0 Å². The Hall–Kier alpha value is -2.14. The van der Waals surface area contributed by atoms with Gasteiger partial charge in [-0.3, -0.25) is 4.99 Å². The standard InChI is InChI=1S/C29H27IN2/c1-15-23-17-3-7-19(8-4-17)25(23)28(31-15)27(21-11-13-22(30)14-12-21)29-26-20-9-5-18(6-10-20)24(26)16(2)32-29/h3,5,7,9,11-14,17-20,31H,4,6,8,10H2,1-2H3/b29-27-. The van der Waals surface area contributed by atoms with Crippen molar-refractivity contribution in [2.24, 2.45) is 16.8 Å². The molecule has 6 aliphatic carbocycles. The van der Waals surface area contributed by atoms with Gasteiger partial charge in [0.05, 0.1) is 11.4 Å². The summed E-state index contributed by atoms with van der Waals surface area (Å²) in [6.45, 7) is 4.49. The first-order valence-electron chi connectivity index (χ1n) is 12.0. The number of hydrogen-bond acceptors (Lipinski definition) is 1. The molecule has 4 bridgehead atoms. The van der Waals surface area contributed by atoms with Gasteiger partial charge in [0, 0.05) is 44.2 Å². The molecule has 7 aliphatic rings. The fourth-order valence-corrected chi connectivity index (χ4v) is 7.34. The van der Waals surface area contributed by atoms with Crippen LogP contribution < -0.4 is 0 Å². The van der Waals surface area contributed by atoms with E-state index >= 15 is 0 Å². The number of hydrogen-bond donors (Lipinski definition) is 1. The summed E-state index contributed by atoms with van der Waals surface area (Å²) in [6.07, 6.45) is 14.9. The second-order valence-corrected chi connectivity index (χ2v) is 11.3. The predicted octanol–water partition coefficient (Wildman–Crippen LogP) is 7.59. The number of aryl methyl sites for hydroxylation is 1. The number of benzene rings is 1. The van der Waals surface area contributed by atoms with Gasteiger partial charge in [0.25, 0.3) is 0 Å². The van der Waals surface area contributed by atoms with Crippen molar-refractivity contribution in [1.82, 2.24) is 4.98 Å². The Balaban J connectivity index is 1.53. The third-order valence-corrected chi connectivity index (χ3v) is 9.04. The minimum absolute atomic E-state index is 0.508. The van der Waals surface area contributed by atoms with E-state index in [4.69, 9.17) is 4.99 Å². The van der Waals surface area contributed by atoms with E-state index in [1.165, 1.54) is 74.3 Å². The molecule has 1 aromatic heterocycles. The highest BCUT2D eigenvalue weighted by Gasteiger charge is 2.41. The SMILES string of the molecule is CC1=N/C(=C(/c2ccc(I)cc2)c2[nH]c(C)c3c2C2C=CC3CC2)C2=C1C1C=CC2CC1. The lowest BCUT2D eigenvalue weighted by Crippen LogP contribution is -2.23. The van der Waals surface area contributed by atoms with E-state index in [9.17, 15) is 0 Å². The van der Waals surface area contributed by atoms with Gasteiger partial charge in [0.15, 0.2) is 0 Å². The summed E-state index contributed by atoms with van der Waals surface area (Å²) < 4.78 is 1.27. The molecule has 0 spiro atoms. The first-order chi connectivity index (χ1) is 15.6. The summed E-state index contributed by atoms with van der Waals surface area (Å²) in [5.74, 6) is 2.15. The Morgan fingerprint density at radius 1 is 0.812 bits per heavy atom. The molecule has 4 unspecified atom stereocenters. The van der Waals surface area contributed by atoms with Crippen molar-refractivity contribution in [3.8, 4) is 0 Å². The molecule has 2 nitrogen and oxygen atoms in total. The molecule has 1 aromatic carbocycles. The second-order valence-electron chi connectivity index (χ2n) is 10.1. The normalized spacial score (nSPS) is 30.7. The first kappa shape index (κ1) is 19.3. The average Bonchev–Trinajstić information content (AvgIpc) is 3.38. The van der Waals surface area contributed by atoms with Gasteiger partial charge in [-0.2, -0.15) is 0 Å². The predicted molar refractivity (Wildman–Crippen MR) is 140 cm³/mol. The molecule has 160 valence electrons. The molecule has 1 N–H and O–H groups in total. The summed E-state index contributed by atoms with van der Waals surface area (Å²) in [5.41, 5.74) is 13.8. The fourth-order valence-electron chi connectivity index (χ4n) is 6.98. The third-order valence-electron chi connectivity index (χ3n) is 8.32. The number of nitrogens with one attached hydrogen (secondary N) is 1. The molecule has 3 heteroatoms. The summed E-state index contributed by atoms with van der Waals surface area (Å²) in [7, 11) is 0. The Morgan fingerprint density at radius 2 is 1.41 bits per heavy atom. The molecular formula is C29H27IN2. The van der Waals surface area contributed by atoms with Crippen LogP contribution in [0.1, 0.15) is 72.5 Å². The number of fused-ring (bicyclic) bond motifs is 2. The number of H-pyrrole nitrogens is 1. The Kier molecular flexibility index (Phi) is 4.19. The topological polar surface area (TPSA) is 28.1 Å². The van der Waals surface area contributed by atoms with Crippen LogP contribution in [0, 0.1) is 22.3 Å². The Labute approximate surface area is 203 Å². The highest BCUT2D eigenvalue weighted by Crippen LogP contribution is 2.53. The average molecular weight is 530 g/mol. The van der Waals surface area contributed by atoms with Crippen LogP contribution in [0.15, 0.2) is 70.4 Å². The largest absolute Gasteiger partial charge is 0.358 e. The van der Waals surface area contributed by atoms with Crippen molar-refractivity contribution >= 4 is 33.9 Å². The van der Waals surface area contributed by atoms with Crippen LogP contribution >= 0.6 is 22.6 Å². The van der Waals surface area contributed by atoms with E-state index in [1.807, 2.05) is 0 Å². The minimum Gasteiger partial charge on any atom is -0.358 e. The van der Waals surface area contributed by atoms with E-state index in [0.717, 1.165) is 0 Å². The quantitative estimate of drug-likeness (QED) is 0.306. The van der Waals surface area contributed by atoms with Gasteiger partial charge in [-0.1, -0.05) is 36.4 Å². The molecule has 0 amide bonds. The molecule has 0 saturated heterocycles. The van der Waals surface area contributed by atoms with Crippen LogP contribution in [0.5, 0.6) is 0 Å². The van der Waals surface area contributed by atoms with E-state index in [-0.39, 0.29) is 0 Å². The molecule has 0 fully saturated rings. The maximum absolute atomic E-state index is 5.31. The highest BCUT2D eigenvalue weighted by atomic mass is 127. The van der Waals surface area contributed by atoms with E-state index in [1.54, 1.807) is 11.1 Å². The highest BCUT2D eigenvalue weighted by molar-refractivity contribution is 14.1. The number of allylic oxidation sites excluding steroid dienone is 6. The molecular weight excluding hydrogens is 503 g/mol. The van der Waals surface area contributed by atoms with Crippen LogP contribution in [0.25, 0.3) is 5.57 Å². The van der Waals surface area contributed by atoms with Crippen LogP contribution in [0.3, 0.4) is 0 Å². The van der Waals surface area contributed by atoms with Crippen LogP contribution in [-0.2, 0) is 0 Å². The molecule has 32 heavy (non-hydrogen) atoms. The zero-order chi connectivity index (χ0) is 21.6. The third kappa shape index (κ3) is 2.60. The van der Waals surface area contributed by atoms with Crippen molar-refractivity contribution in [1.29, 1.82) is 0 Å². The molecule has 2 aromatic rings. The maximum Gasteiger partial charge on any atom is 0.0773 e. The van der Waals surface area contributed by atoms with Gasteiger partial charge in [-0.15, -0.1) is 0 Å². The number of aromatic nitrogens is 1. The summed E-state index contributed by atoms with van der Waals surface area (Å²) in [6, 6.07) is 9.06. The lowest BCUT2D eigenvalue weighted by molar-refractivity contribution is 0.501. The minimum atomic E-state index is 0.508. The lowest BCUT2D eigenvalue weighted by atomic mass is 9.69. The molecule has 2 heterocycles. The van der Waals surface area contributed by atoms with Crippen molar-refractivity contribution < 1.29 is 0 Å². The van der Waals surface area contributed by atoms with E-state index in [0.29, 0.717) is 23.7 Å². The van der Waals surface area contributed by atoms with Gasteiger partial charge in [-0.25, -0.2) is 0 Å². The van der Waals surface area contributed by atoms with Crippen molar-refractivity contribution in [3.63, 3.8) is 0 Å². The van der Waals surface area contributed by atoms with Gasteiger partial charge in [-0.05, 0) is 102 Å². The molecule has 1 aliphatic heterocycles. The van der Waals surface area contributed by atoms with Crippen LogP contribution in [-0.4, -0.2) is 10.7 Å². The number of aromatic amines is 1. The fraction of sp³-hybridized carbons (Fsp3) is 0.345. The Bertz CT molecular complexity index is 1310.